The molecule has 28 heavy (non-hydrogen) atoms. The van der Waals surface area contributed by atoms with Crippen molar-refractivity contribution in [2.75, 3.05) is 24.6 Å². The first-order valence-corrected chi connectivity index (χ1v) is 8.95. The van der Waals surface area contributed by atoms with E-state index >= 15 is 0 Å². The first kappa shape index (κ1) is 19.5. The molecule has 0 radical (unpaired) electrons. The number of anilines is 1. The van der Waals surface area contributed by atoms with E-state index in [9.17, 15) is 24.1 Å². The zero-order valence-electron chi connectivity index (χ0n) is 15.1. The summed E-state index contributed by atoms with van der Waals surface area (Å²) in [5.74, 6) is -1.77. The Morgan fingerprint density at radius 3 is 2.39 bits per heavy atom. The highest BCUT2D eigenvalue weighted by molar-refractivity contribution is 6.01. The first-order valence-electron chi connectivity index (χ1n) is 8.95. The van der Waals surface area contributed by atoms with Crippen molar-refractivity contribution in [2.24, 2.45) is 0 Å². The number of esters is 1. The number of hydrogen-bond donors (Lipinski definition) is 0. The molecule has 1 aliphatic heterocycles. The van der Waals surface area contributed by atoms with Crippen LogP contribution in [0.2, 0.25) is 0 Å². The van der Waals surface area contributed by atoms with E-state index in [4.69, 9.17) is 4.74 Å². The van der Waals surface area contributed by atoms with Crippen molar-refractivity contribution >= 4 is 23.1 Å². The molecule has 8 heteroatoms. The Morgan fingerprint density at radius 1 is 1.07 bits per heavy atom. The molecule has 1 aliphatic rings. The van der Waals surface area contributed by atoms with Gasteiger partial charge in [0.1, 0.15) is 5.82 Å². The molecule has 0 spiro atoms. The second kappa shape index (κ2) is 8.60. The van der Waals surface area contributed by atoms with E-state index in [0.29, 0.717) is 5.69 Å². The summed E-state index contributed by atoms with van der Waals surface area (Å²) < 4.78 is 18.1. The molecule has 0 bridgehead atoms. The van der Waals surface area contributed by atoms with E-state index < -0.39 is 29.1 Å². The summed E-state index contributed by atoms with van der Waals surface area (Å²) in [4.78, 5) is 37.2. The molecule has 0 N–H and O–H groups in total. The molecular weight excluding hydrogens is 367 g/mol. The Labute approximate surface area is 160 Å². The van der Waals surface area contributed by atoms with Gasteiger partial charge in [-0.15, -0.1) is 0 Å². The number of nitro groups is 1. The number of benzene rings is 2. The minimum atomic E-state index is -0.806. The van der Waals surface area contributed by atoms with E-state index in [1.807, 2.05) is 4.90 Å². The van der Waals surface area contributed by atoms with Gasteiger partial charge in [0.05, 0.1) is 16.2 Å². The predicted molar refractivity (Wildman–Crippen MR) is 100 cm³/mol. The van der Waals surface area contributed by atoms with Crippen LogP contribution < -0.4 is 4.90 Å². The van der Waals surface area contributed by atoms with Crippen LogP contribution in [0.15, 0.2) is 42.5 Å². The monoisotopic (exact) mass is 386 g/mol. The lowest BCUT2D eigenvalue weighted by atomic mass is 10.1. The lowest BCUT2D eigenvalue weighted by Crippen LogP contribution is -2.31. The van der Waals surface area contributed by atoms with Crippen molar-refractivity contribution in [3.63, 3.8) is 0 Å². The number of piperidine rings is 1. The van der Waals surface area contributed by atoms with Gasteiger partial charge in [-0.3, -0.25) is 14.9 Å². The molecule has 7 nitrogen and oxygen atoms in total. The number of carbonyl (C=O) groups is 2. The number of hydrogen-bond acceptors (Lipinski definition) is 6. The minimum Gasteiger partial charge on any atom is -0.454 e. The average molecular weight is 386 g/mol. The SMILES string of the molecule is O=C(COC(=O)c1cc([N+](=O)[O-])ccc1N1CCCCC1)c1ccc(F)cc1. The highest BCUT2D eigenvalue weighted by atomic mass is 19.1. The lowest BCUT2D eigenvalue weighted by Gasteiger charge is -2.30. The topological polar surface area (TPSA) is 89.8 Å². The maximum atomic E-state index is 13.0. The van der Waals surface area contributed by atoms with Gasteiger partial charge in [0, 0.05) is 30.8 Å². The number of nitrogens with zero attached hydrogens (tertiary/aromatic N) is 2. The third-order valence-electron chi connectivity index (χ3n) is 4.61. The predicted octanol–water partition coefficient (Wildman–Crippen LogP) is 3.76. The van der Waals surface area contributed by atoms with E-state index in [2.05, 4.69) is 0 Å². The van der Waals surface area contributed by atoms with Crippen LogP contribution in [0, 0.1) is 15.9 Å². The van der Waals surface area contributed by atoms with Crippen LogP contribution in [-0.2, 0) is 4.74 Å². The summed E-state index contributed by atoms with van der Waals surface area (Å²) >= 11 is 0. The summed E-state index contributed by atoms with van der Waals surface area (Å²) in [6, 6.07) is 8.96. The van der Waals surface area contributed by atoms with E-state index in [-0.39, 0.29) is 16.8 Å². The standard InChI is InChI=1S/C20H19FN2O5/c21-15-6-4-14(5-7-15)19(24)13-28-20(25)17-12-16(23(26)27)8-9-18(17)22-10-2-1-3-11-22/h4-9,12H,1-3,10-11,13H2. The Balaban J connectivity index is 1.78. The molecule has 146 valence electrons. The van der Waals surface area contributed by atoms with Gasteiger partial charge in [-0.05, 0) is 49.6 Å². The molecule has 2 aromatic carbocycles. The van der Waals surface area contributed by atoms with Gasteiger partial charge < -0.3 is 9.64 Å². The molecular formula is C20H19FN2O5. The average Bonchev–Trinajstić information content (AvgIpc) is 2.72. The molecule has 0 saturated carbocycles. The molecule has 0 aliphatic carbocycles. The molecule has 1 heterocycles. The number of carbonyl (C=O) groups excluding carboxylic acids is 2. The third kappa shape index (κ3) is 4.51. The van der Waals surface area contributed by atoms with Gasteiger partial charge in [-0.25, -0.2) is 9.18 Å². The molecule has 1 fully saturated rings. The molecule has 2 aromatic rings. The van der Waals surface area contributed by atoms with Crippen LogP contribution >= 0.6 is 0 Å². The molecule has 3 rings (SSSR count). The first-order chi connectivity index (χ1) is 13.5. The second-order valence-corrected chi connectivity index (χ2v) is 6.51. The molecule has 1 saturated heterocycles. The Bertz CT molecular complexity index is 892. The maximum Gasteiger partial charge on any atom is 0.340 e. The number of halogens is 1. The van der Waals surface area contributed by atoms with E-state index in [0.717, 1.165) is 44.5 Å². The van der Waals surface area contributed by atoms with Gasteiger partial charge in [0.15, 0.2) is 12.4 Å². The Morgan fingerprint density at radius 2 is 1.75 bits per heavy atom. The van der Waals surface area contributed by atoms with Crippen LogP contribution in [0.25, 0.3) is 0 Å². The highest BCUT2D eigenvalue weighted by Gasteiger charge is 2.23. The normalized spacial score (nSPS) is 13.8. The fraction of sp³-hybridized carbons (Fsp3) is 0.300. The smallest absolute Gasteiger partial charge is 0.340 e. The zero-order valence-corrected chi connectivity index (χ0v) is 15.1. The van der Waals surface area contributed by atoms with Crippen molar-refractivity contribution in [3.8, 4) is 0 Å². The zero-order chi connectivity index (χ0) is 20.1. The number of non-ortho nitro benzene ring substituents is 1. The summed E-state index contributed by atoms with van der Waals surface area (Å²) in [6.07, 6.45) is 3.03. The van der Waals surface area contributed by atoms with E-state index in [1.54, 1.807) is 6.07 Å². The summed E-state index contributed by atoms with van der Waals surface area (Å²) in [6.45, 7) is 0.950. The Hall–Kier alpha value is -3.29. The quantitative estimate of drug-likeness (QED) is 0.325. The van der Waals surface area contributed by atoms with Crippen LogP contribution in [0.4, 0.5) is 15.8 Å². The van der Waals surface area contributed by atoms with Gasteiger partial charge in [-0.1, -0.05) is 0 Å². The van der Waals surface area contributed by atoms with Crippen LogP contribution in [-0.4, -0.2) is 36.4 Å². The number of nitro benzene ring substituents is 1. The van der Waals surface area contributed by atoms with Crippen molar-refractivity contribution in [1.29, 1.82) is 0 Å². The molecule has 0 atom stereocenters. The fourth-order valence-electron chi connectivity index (χ4n) is 3.14. The van der Waals surface area contributed by atoms with Crippen molar-refractivity contribution in [1.82, 2.24) is 0 Å². The van der Waals surface area contributed by atoms with Crippen molar-refractivity contribution in [3.05, 3.63) is 69.5 Å². The van der Waals surface area contributed by atoms with Gasteiger partial charge in [-0.2, -0.15) is 0 Å². The number of ether oxygens (including phenoxy) is 1. The van der Waals surface area contributed by atoms with Gasteiger partial charge >= 0.3 is 5.97 Å². The molecule has 0 amide bonds. The summed E-state index contributed by atoms with van der Waals surface area (Å²) in [5, 5.41) is 11.1. The molecule has 0 unspecified atom stereocenters. The maximum absolute atomic E-state index is 13.0. The van der Waals surface area contributed by atoms with Crippen LogP contribution in [0.3, 0.4) is 0 Å². The third-order valence-corrected chi connectivity index (χ3v) is 4.61. The van der Waals surface area contributed by atoms with Crippen molar-refractivity contribution in [2.45, 2.75) is 19.3 Å². The number of ketones is 1. The lowest BCUT2D eigenvalue weighted by molar-refractivity contribution is -0.384. The van der Waals surface area contributed by atoms with Crippen LogP contribution in [0.1, 0.15) is 40.0 Å². The highest BCUT2D eigenvalue weighted by Crippen LogP contribution is 2.28. The van der Waals surface area contributed by atoms with Gasteiger partial charge in [0.2, 0.25) is 0 Å². The fourth-order valence-corrected chi connectivity index (χ4v) is 3.14. The number of Topliss-reactive ketones (excluding diaryl/α,β-unsaturated/α-hetero) is 1. The number of rotatable bonds is 6. The second-order valence-electron chi connectivity index (χ2n) is 6.51. The molecule has 0 aromatic heterocycles. The summed E-state index contributed by atoms with van der Waals surface area (Å²) in [5.41, 5.74) is 0.606. The minimum absolute atomic E-state index is 0.0583. The van der Waals surface area contributed by atoms with E-state index in [1.165, 1.54) is 24.3 Å². The Kier molecular flexibility index (Phi) is 5.98. The summed E-state index contributed by atoms with van der Waals surface area (Å²) in [7, 11) is 0. The van der Waals surface area contributed by atoms with Crippen LogP contribution in [0.5, 0.6) is 0 Å². The van der Waals surface area contributed by atoms with Gasteiger partial charge in [0.25, 0.3) is 5.69 Å². The van der Waals surface area contributed by atoms with Crippen molar-refractivity contribution < 1.29 is 23.6 Å². The largest absolute Gasteiger partial charge is 0.454 e.